The van der Waals surface area contributed by atoms with Gasteiger partial charge in [0.05, 0.1) is 17.7 Å². The van der Waals surface area contributed by atoms with Crippen LogP contribution in [0, 0.1) is 11.7 Å². The van der Waals surface area contributed by atoms with Gasteiger partial charge in [-0.3, -0.25) is 4.79 Å². The molecule has 0 bridgehead atoms. The fraction of sp³-hybridized carbons (Fsp3) is 0.400. The van der Waals surface area contributed by atoms with Crippen molar-refractivity contribution < 1.29 is 9.13 Å². The molecule has 0 saturated heterocycles. The molecule has 0 unspecified atom stereocenters. The molecule has 4 rings (SSSR count). The number of halogens is 1. The lowest BCUT2D eigenvalue weighted by Crippen LogP contribution is -2.14. The lowest BCUT2D eigenvalue weighted by molar-refractivity contribution is 0.343. The van der Waals surface area contributed by atoms with Crippen LogP contribution in [0.1, 0.15) is 29.6 Å². The van der Waals surface area contributed by atoms with Gasteiger partial charge in [0.25, 0.3) is 5.56 Å². The highest BCUT2D eigenvalue weighted by atomic mass is 32.2. The Labute approximate surface area is 165 Å². The van der Waals surface area contributed by atoms with Crippen LogP contribution in [0.3, 0.4) is 0 Å². The van der Waals surface area contributed by atoms with Crippen LogP contribution in [-0.2, 0) is 18.6 Å². The molecule has 7 heteroatoms. The Kier molecular flexibility index (Phi) is 5.50. The van der Waals surface area contributed by atoms with E-state index in [1.807, 2.05) is 0 Å². The average molecular weight is 405 g/mol. The predicted octanol–water partition coefficient (Wildman–Crippen LogP) is 4.56. The molecule has 1 atom stereocenters. The number of aromatic nitrogens is 2. The number of fused-ring (bicyclic) bond motifs is 3. The van der Waals surface area contributed by atoms with E-state index in [0.717, 1.165) is 35.2 Å². The van der Waals surface area contributed by atoms with Gasteiger partial charge in [-0.1, -0.05) is 6.92 Å². The maximum atomic E-state index is 12.9. The third-order valence-electron chi connectivity index (χ3n) is 4.76. The highest BCUT2D eigenvalue weighted by Gasteiger charge is 2.22. The Hall–Kier alpha value is -1.86. The van der Waals surface area contributed by atoms with Crippen molar-refractivity contribution in [2.75, 3.05) is 12.4 Å². The molecule has 2 aromatic heterocycles. The van der Waals surface area contributed by atoms with E-state index in [2.05, 4.69) is 11.9 Å². The lowest BCUT2D eigenvalue weighted by Gasteiger charge is -2.17. The summed E-state index contributed by atoms with van der Waals surface area (Å²) in [5.41, 5.74) is 1.21. The molecule has 1 aliphatic carbocycles. The number of nitrogens with zero attached hydrogens (tertiary/aromatic N) is 1. The van der Waals surface area contributed by atoms with E-state index in [1.54, 1.807) is 35.2 Å². The number of rotatable bonds is 6. The van der Waals surface area contributed by atoms with Crippen LogP contribution in [-0.4, -0.2) is 22.3 Å². The second kappa shape index (κ2) is 8.02. The zero-order chi connectivity index (χ0) is 18.8. The molecule has 1 N–H and O–H groups in total. The van der Waals surface area contributed by atoms with E-state index in [-0.39, 0.29) is 11.4 Å². The van der Waals surface area contributed by atoms with Crippen molar-refractivity contribution in [1.29, 1.82) is 0 Å². The number of nitrogens with one attached hydrogen (secondary N) is 1. The quantitative estimate of drug-likeness (QED) is 0.612. The van der Waals surface area contributed by atoms with Gasteiger partial charge in [-0.15, -0.1) is 11.3 Å². The lowest BCUT2D eigenvalue weighted by atomic mass is 9.89. The zero-order valence-electron chi connectivity index (χ0n) is 15.1. The Balaban J connectivity index is 1.36. The standard InChI is InChI=1S/C20H21FN2O2S2/c1-12-2-7-15-16(10-12)27-20-18(15)19(24)22-17(23-20)11-26-9-8-25-14-5-3-13(21)4-6-14/h3-6,12H,2,7-11H2,1H3,(H,22,23,24)/t12-/m0/s1. The highest BCUT2D eigenvalue weighted by molar-refractivity contribution is 7.98. The summed E-state index contributed by atoms with van der Waals surface area (Å²) in [6, 6.07) is 6.00. The fourth-order valence-corrected chi connectivity index (χ4v) is 5.46. The number of thioether (sulfide) groups is 1. The molecule has 0 aliphatic heterocycles. The highest BCUT2D eigenvalue weighted by Crippen LogP contribution is 2.35. The Morgan fingerprint density at radius 1 is 1.37 bits per heavy atom. The summed E-state index contributed by atoms with van der Waals surface area (Å²) < 4.78 is 18.4. The molecule has 1 aromatic carbocycles. The monoisotopic (exact) mass is 404 g/mol. The number of ether oxygens (including phenoxy) is 1. The fourth-order valence-electron chi connectivity index (χ4n) is 3.38. The van der Waals surface area contributed by atoms with Crippen molar-refractivity contribution >= 4 is 33.3 Å². The van der Waals surface area contributed by atoms with Crippen molar-refractivity contribution in [3.8, 4) is 5.75 Å². The average Bonchev–Trinajstić information content (AvgIpc) is 3.00. The number of aryl methyl sites for hydroxylation is 1. The first-order valence-corrected chi connectivity index (χ1v) is 11.1. The molecule has 1 aliphatic rings. The van der Waals surface area contributed by atoms with Gasteiger partial charge in [0.2, 0.25) is 0 Å². The summed E-state index contributed by atoms with van der Waals surface area (Å²) in [6.07, 6.45) is 3.18. The largest absolute Gasteiger partial charge is 0.493 e. The molecule has 4 nitrogen and oxygen atoms in total. The molecule has 0 radical (unpaired) electrons. The number of thiophene rings is 1. The second-order valence-electron chi connectivity index (χ2n) is 6.90. The molecular formula is C20H21FN2O2S2. The Morgan fingerprint density at radius 2 is 2.19 bits per heavy atom. The first-order chi connectivity index (χ1) is 13.1. The number of benzene rings is 1. The number of hydrogen-bond acceptors (Lipinski definition) is 5. The van der Waals surface area contributed by atoms with E-state index in [0.29, 0.717) is 29.9 Å². The van der Waals surface area contributed by atoms with Crippen LogP contribution in [0.15, 0.2) is 29.1 Å². The van der Waals surface area contributed by atoms with E-state index in [1.165, 1.54) is 22.6 Å². The first-order valence-electron chi connectivity index (χ1n) is 9.09. The van der Waals surface area contributed by atoms with E-state index in [9.17, 15) is 9.18 Å². The summed E-state index contributed by atoms with van der Waals surface area (Å²) in [7, 11) is 0. The number of aromatic amines is 1. The third-order valence-corrected chi connectivity index (χ3v) is 6.84. The van der Waals surface area contributed by atoms with E-state index < -0.39 is 0 Å². The van der Waals surface area contributed by atoms with Crippen molar-refractivity contribution in [3.63, 3.8) is 0 Å². The summed E-state index contributed by atoms with van der Waals surface area (Å²) >= 11 is 3.33. The van der Waals surface area contributed by atoms with Gasteiger partial charge < -0.3 is 9.72 Å². The topological polar surface area (TPSA) is 55.0 Å². The van der Waals surface area contributed by atoms with Gasteiger partial charge in [0, 0.05) is 10.6 Å². The normalized spacial score (nSPS) is 16.4. The molecule has 0 spiro atoms. The van der Waals surface area contributed by atoms with Gasteiger partial charge in [-0.2, -0.15) is 11.8 Å². The maximum Gasteiger partial charge on any atom is 0.259 e. The van der Waals surface area contributed by atoms with Crippen LogP contribution in [0.5, 0.6) is 5.75 Å². The van der Waals surface area contributed by atoms with Gasteiger partial charge in [-0.05, 0) is 55.0 Å². The minimum absolute atomic E-state index is 0.00906. The van der Waals surface area contributed by atoms with E-state index >= 15 is 0 Å². The van der Waals surface area contributed by atoms with Crippen LogP contribution >= 0.6 is 23.1 Å². The molecule has 0 saturated carbocycles. The van der Waals surface area contributed by atoms with Crippen LogP contribution in [0.2, 0.25) is 0 Å². The number of hydrogen-bond donors (Lipinski definition) is 1. The first kappa shape index (κ1) is 18.5. The van der Waals surface area contributed by atoms with Crippen molar-refractivity contribution in [2.24, 2.45) is 5.92 Å². The summed E-state index contributed by atoms with van der Waals surface area (Å²) in [6.45, 7) is 2.79. The smallest absolute Gasteiger partial charge is 0.259 e. The van der Waals surface area contributed by atoms with E-state index in [4.69, 9.17) is 9.72 Å². The Morgan fingerprint density at radius 3 is 3.00 bits per heavy atom. The van der Waals surface area contributed by atoms with Crippen molar-refractivity contribution in [1.82, 2.24) is 9.97 Å². The van der Waals surface area contributed by atoms with Crippen LogP contribution < -0.4 is 10.3 Å². The molecule has 0 amide bonds. The van der Waals surface area contributed by atoms with Gasteiger partial charge in [0.15, 0.2) is 0 Å². The SMILES string of the molecule is C[C@H]1CCc2c(sc3nc(CSCCOc4ccc(F)cc4)[nH]c(=O)c23)C1. The molecule has 0 fully saturated rings. The number of H-pyrrole nitrogens is 1. The van der Waals surface area contributed by atoms with Crippen LogP contribution in [0.25, 0.3) is 10.2 Å². The van der Waals surface area contributed by atoms with Gasteiger partial charge >= 0.3 is 0 Å². The third kappa shape index (κ3) is 4.19. The molecule has 142 valence electrons. The van der Waals surface area contributed by atoms with Gasteiger partial charge in [-0.25, -0.2) is 9.37 Å². The minimum atomic E-state index is -0.271. The minimum Gasteiger partial charge on any atom is -0.493 e. The Bertz CT molecular complexity index is 998. The van der Waals surface area contributed by atoms with Crippen LogP contribution in [0.4, 0.5) is 4.39 Å². The summed E-state index contributed by atoms with van der Waals surface area (Å²) in [5, 5.41) is 0.801. The van der Waals surface area contributed by atoms with Crippen molar-refractivity contribution in [3.05, 3.63) is 56.7 Å². The summed E-state index contributed by atoms with van der Waals surface area (Å²) in [5.74, 6) is 3.18. The maximum absolute atomic E-state index is 12.9. The predicted molar refractivity (Wildman–Crippen MR) is 109 cm³/mol. The molecule has 27 heavy (non-hydrogen) atoms. The molecule has 3 aromatic rings. The molecule has 2 heterocycles. The second-order valence-corrected chi connectivity index (χ2v) is 9.09. The van der Waals surface area contributed by atoms with Gasteiger partial charge in [0.1, 0.15) is 22.2 Å². The molecular weight excluding hydrogens is 383 g/mol. The van der Waals surface area contributed by atoms with Crippen molar-refractivity contribution in [2.45, 2.75) is 31.9 Å². The summed E-state index contributed by atoms with van der Waals surface area (Å²) in [4.78, 5) is 22.4. The zero-order valence-corrected chi connectivity index (χ0v) is 16.7.